The van der Waals surface area contributed by atoms with Crippen LogP contribution in [0.15, 0.2) is 24.3 Å². The van der Waals surface area contributed by atoms with Crippen molar-refractivity contribution in [2.45, 2.75) is 6.92 Å². The Morgan fingerprint density at radius 2 is 2.00 bits per heavy atom. The van der Waals surface area contributed by atoms with Crippen molar-refractivity contribution in [3.8, 4) is 0 Å². The number of carbonyl (C=O) groups is 1. The Bertz CT molecular complexity index is 337. The lowest BCUT2D eigenvalue weighted by atomic mass is 10.2. The Morgan fingerprint density at radius 3 is 2.50 bits per heavy atom. The van der Waals surface area contributed by atoms with Crippen molar-refractivity contribution in [1.29, 1.82) is 0 Å². The van der Waals surface area contributed by atoms with Crippen LogP contribution in [0.1, 0.15) is 17.3 Å². The van der Waals surface area contributed by atoms with Crippen LogP contribution in [-0.2, 0) is 4.74 Å². The number of halogens is 1. The van der Waals surface area contributed by atoms with Crippen LogP contribution >= 0.6 is 22.6 Å². The van der Waals surface area contributed by atoms with Crippen LogP contribution < -0.4 is 4.90 Å². The Balaban J connectivity index is 2.71. The zero-order chi connectivity index (χ0) is 12.0. The summed E-state index contributed by atoms with van der Waals surface area (Å²) in [5.74, 6) is -0.259. The monoisotopic (exact) mass is 333 g/mol. The second-order valence-corrected chi connectivity index (χ2v) is 4.46. The minimum absolute atomic E-state index is 0.259. The predicted octanol–water partition coefficient (Wildman–Crippen LogP) is 2.73. The molecule has 4 heteroatoms. The van der Waals surface area contributed by atoms with Gasteiger partial charge >= 0.3 is 5.97 Å². The number of nitrogens with zero attached hydrogens (tertiary/aromatic N) is 1. The summed E-state index contributed by atoms with van der Waals surface area (Å²) >= 11 is 2.34. The molecule has 0 spiro atoms. The number of hydrogen-bond donors (Lipinski definition) is 0. The molecule has 3 nitrogen and oxygen atoms in total. The standard InChI is InChI=1S/C12H16INO2/c1-3-16-12(15)10-4-6-11(7-5-10)14(2)9-8-13/h4-7H,3,8-9H2,1-2H3. The second-order valence-electron chi connectivity index (χ2n) is 3.38. The largest absolute Gasteiger partial charge is 0.462 e. The van der Waals surface area contributed by atoms with E-state index in [9.17, 15) is 4.79 Å². The lowest BCUT2D eigenvalue weighted by molar-refractivity contribution is 0.0526. The molecular formula is C12H16INO2. The average Bonchev–Trinajstić information content (AvgIpc) is 2.30. The summed E-state index contributed by atoms with van der Waals surface area (Å²) < 4.78 is 6.00. The first kappa shape index (κ1) is 13.3. The van der Waals surface area contributed by atoms with Crippen LogP contribution in [-0.4, -0.2) is 30.6 Å². The number of alkyl halides is 1. The number of esters is 1. The summed E-state index contributed by atoms with van der Waals surface area (Å²) in [7, 11) is 2.04. The molecule has 1 rings (SSSR count). The number of carbonyl (C=O) groups excluding carboxylic acids is 1. The summed E-state index contributed by atoms with van der Waals surface area (Å²) in [5, 5.41) is 0. The van der Waals surface area contributed by atoms with E-state index in [1.807, 2.05) is 19.2 Å². The van der Waals surface area contributed by atoms with Gasteiger partial charge in [0.2, 0.25) is 0 Å². The van der Waals surface area contributed by atoms with Crippen LogP contribution in [0, 0.1) is 0 Å². The van der Waals surface area contributed by atoms with Gasteiger partial charge in [0, 0.05) is 23.7 Å². The number of rotatable bonds is 5. The molecule has 0 N–H and O–H groups in total. The molecule has 0 aliphatic carbocycles. The third kappa shape index (κ3) is 3.66. The first-order valence-corrected chi connectivity index (χ1v) is 6.76. The molecule has 0 aliphatic heterocycles. The van der Waals surface area contributed by atoms with Gasteiger partial charge in [0.15, 0.2) is 0 Å². The molecular weight excluding hydrogens is 317 g/mol. The third-order valence-corrected chi connectivity index (χ3v) is 2.72. The highest BCUT2D eigenvalue weighted by Crippen LogP contribution is 2.14. The molecule has 0 radical (unpaired) electrons. The molecule has 0 atom stereocenters. The van der Waals surface area contributed by atoms with Gasteiger partial charge in [0.05, 0.1) is 12.2 Å². The molecule has 0 saturated carbocycles. The van der Waals surface area contributed by atoms with Gasteiger partial charge in [-0.2, -0.15) is 0 Å². The van der Waals surface area contributed by atoms with Crippen molar-refractivity contribution >= 4 is 34.2 Å². The van der Waals surface area contributed by atoms with E-state index in [1.54, 1.807) is 19.1 Å². The Kier molecular flexibility index (Phi) is 5.59. The summed E-state index contributed by atoms with van der Waals surface area (Å²) in [6, 6.07) is 7.49. The molecule has 0 amide bonds. The van der Waals surface area contributed by atoms with Gasteiger partial charge in [-0.3, -0.25) is 0 Å². The number of benzene rings is 1. The molecule has 1 aromatic carbocycles. The second kappa shape index (κ2) is 6.73. The zero-order valence-corrected chi connectivity index (χ0v) is 11.7. The van der Waals surface area contributed by atoms with E-state index in [4.69, 9.17) is 4.74 Å². The summed E-state index contributed by atoms with van der Waals surface area (Å²) in [5.41, 5.74) is 1.72. The lowest BCUT2D eigenvalue weighted by Crippen LogP contribution is -2.19. The van der Waals surface area contributed by atoms with Crippen molar-refractivity contribution < 1.29 is 9.53 Å². The maximum absolute atomic E-state index is 11.4. The fourth-order valence-corrected chi connectivity index (χ4v) is 2.05. The van der Waals surface area contributed by atoms with Gasteiger partial charge in [-0.25, -0.2) is 4.79 Å². The third-order valence-electron chi connectivity index (χ3n) is 2.24. The molecule has 0 unspecified atom stereocenters. The van der Waals surface area contributed by atoms with Gasteiger partial charge in [-0.05, 0) is 31.2 Å². The van der Waals surface area contributed by atoms with E-state index in [-0.39, 0.29) is 5.97 Å². The van der Waals surface area contributed by atoms with Crippen molar-refractivity contribution in [2.24, 2.45) is 0 Å². The molecule has 0 saturated heterocycles. The summed E-state index contributed by atoms with van der Waals surface area (Å²) in [6.07, 6.45) is 0. The van der Waals surface area contributed by atoms with E-state index < -0.39 is 0 Å². The SMILES string of the molecule is CCOC(=O)c1ccc(N(C)CCI)cc1. The fourth-order valence-electron chi connectivity index (χ4n) is 1.32. The van der Waals surface area contributed by atoms with E-state index >= 15 is 0 Å². The molecule has 0 bridgehead atoms. The van der Waals surface area contributed by atoms with Crippen LogP contribution in [0.4, 0.5) is 5.69 Å². The molecule has 0 aliphatic rings. The van der Waals surface area contributed by atoms with Gasteiger partial charge < -0.3 is 9.64 Å². The number of ether oxygens (including phenoxy) is 1. The Hall–Kier alpha value is -0.780. The Labute approximate surface area is 110 Å². The van der Waals surface area contributed by atoms with Gasteiger partial charge in [0.25, 0.3) is 0 Å². The highest BCUT2D eigenvalue weighted by atomic mass is 127. The quantitative estimate of drug-likeness (QED) is 0.471. The van der Waals surface area contributed by atoms with E-state index in [0.717, 1.165) is 16.7 Å². The van der Waals surface area contributed by atoms with Crippen LogP contribution in [0.3, 0.4) is 0 Å². The van der Waals surface area contributed by atoms with E-state index in [2.05, 4.69) is 27.5 Å². The Morgan fingerprint density at radius 1 is 1.38 bits per heavy atom. The lowest BCUT2D eigenvalue weighted by Gasteiger charge is -2.17. The summed E-state index contributed by atoms with van der Waals surface area (Å²) in [4.78, 5) is 13.6. The minimum Gasteiger partial charge on any atom is -0.462 e. The first-order chi connectivity index (χ1) is 7.69. The highest BCUT2D eigenvalue weighted by molar-refractivity contribution is 14.1. The maximum Gasteiger partial charge on any atom is 0.338 e. The highest BCUT2D eigenvalue weighted by Gasteiger charge is 2.06. The average molecular weight is 333 g/mol. The molecule has 0 aromatic heterocycles. The minimum atomic E-state index is -0.259. The molecule has 0 heterocycles. The summed E-state index contributed by atoms with van der Waals surface area (Å²) in [6.45, 7) is 3.22. The first-order valence-electron chi connectivity index (χ1n) is 5.23. The van der Waals surface area contributed by atoms with Gasteiger partial charge in [-0.1, -0.05) is 22.6 Å². The van der Waals surface area contributed by atoms with Crippen molar-refractivity contribution in [3.63, 3.8) is 0 Å². The fraction of sp³-hybridized carbons (Fsp3) is 0.417. The van der Waals surface area contributed by atoms with Crippen molar-refractivity contribution in [1.82, 2.24) is 0 Å². The number of anilines is 1. The van der Waals surface area contributed by atoms with Crippen molar-refractivity contribution in [2.75, 3.05) is 29.5 Å². The smallest absolute Gasteiger partial charge is 0.338 e. The van der Waals surface area contributed by atoms with E-state index in [0.29, 0.717) is 12.2 Å². The van der Waals surface area contributed by atoms with Crippen LogP contribution in [0.2, 0.25) is 0 Å². The molecule has 16 heavy (non-hydrogen) atoms. The molecule has 88 valence electrons. The van der Waals surface area contributed by atoms with Crippen LogP contribution in [0.5, 0.6) is 0 Å². The maximum atomic E-state index is 11.4. The number of hydrogen-bond acceptors (Lipinski definition) is 3. The normalized spacial score (nSPS) is 9.94. The zero-order valence-electron chi connectivity index (χ0n) is 9.57. The van der Waals surface area contributed by atoms with Crippen molar-refractivity contribution in [3.05, 3.63) is 29.8 Å². The topological polar surface area (TPSA) is 29.5 Å². The van der Waals surface area contributed by atoms with Gasteiger partial charge in [-0.15, -0.1) is 0 Å². The van der Waals surface area contributed by atoms with E-state index in [1.165, 1.54) is 0 Å². The van der Waals surface area contributed by atoms with Crippen LogP contribution in [0.25, 0.3) is 0 Å². The predicted molar refractivity (Wildman–Crippen MR) is 74.6 cm³/mol. The molecule has 0 fully saturated rings. The molecule has 1 aromatic rings. The van der Waals surface area contributed by atoms with Gasteiger partial charge in [0.1, 0.15) is 0 Å².